The summed E-state index contributed by atoms with van der Waals surface area (Å²) in [5.74, 6) is 0.190. The maximum Gasteiger partial charge on any atom is 0.290 e. The van der Waals surface area contributed by atoms with Crippen molar-refractivity contribution in [2.75, 3.05) is 7.11 Å². The van der Waals surface area contributed by atoms with Crippen LogP contribution < -0.4 is 4.74 Å². The van der Waals surface area contributed by atoms with Crippen LogP contribution in [0.1, 0.15) is 22.7 Å². The smallest absolute Gasteiger partial charge is 0.290 e. The molecule has 1 atom stereocenters. The fourth-order valence-corrected chi connectivity index (χ4v) is 4.10. The zero-order chi connectivity index (χ0) is 20.4. The normalized spacial score (nSPS) is 16.4. The van der Waals surface area contributed by atoms with E-state index in [0.717, 1.165) is 26.9 Å². The van der Waals surface area contributed by atoms with E-state index in [9.17, 15) is 9.90 Å². The van der Waals surface area contributed by atoms with Gasteiger partial charge in [0.2, 0.25) is 0 Å². The fraction of sp³-hybridized carbons (Fsp3) is 0.125. The lowest BCUT2D eigenvalue weighted by atomic mass is 9.93. The van der Waals surface area contributed by atoms with E-state index in [-0.39, 0.29) is 17.7 Å². The molecule has 3 aromatic rings. The highest BCUT2D eigenvalue weighted by Gasteiger charge is 2.40. The van der Waals surface area contributed by atoms with Gasteiger partial charge in [-0.2, -0.15) is 0 Å². The molecule has 1 N–H and O–H groups in total. The largest absolute Gasteiger partial charge is 0.503 e. The van der Waals surface area contributed by atoms with Crippen LogP contribution in [-0.4, -0.2) is 23.0 Å². The van der Waals surface area contributed by atoms with Gasteiger partial charge in [-0.1, -0.05) is 70.5 Å². The first-order valence-electron chi connectivity index (χ1n) is 9.26. The third kappa shape index (κ3) is 3.78. The lowest BCUT2D eigenvalue weighted by Gasteiger charge is -2.27. The Hall–Kier alpha value is -3.05. The number of aliphatic hydroxyl groups is 1. The molecule has 0 fully saturated rings. The molecule has 1 aliphatic heterocycles. The van der Waals surface area contributed by atoms with Crippen LogP contribution in [0.2, 0.25) is 0 Å². The Kier molecular flexibility index (Phi) is 5.41. The van der Waals surface area contributed by atoms with Gasteiger partial charge in [0.1, 0.15) is 5.75 Å². The number of aliphatic hydroxyl groups excluding tert-OH is 1. The van der Waals surface area contributed by atoms with E-state index in [4.69, 9.17) is 4.74 Å². The summed E-state index contributed by atoms with van der Waals surface area (Å²) in [6, 6.07) is 24.6. The molecule has 0 bridgehead atoms. The van der Waals surface area contributed by atoms with Gasteiger partial charge in [-0.05, 0) is 41.0 Å². The average molecular weight is 450 g/mol. The summed E-state index contributed by atoms with van der Waals surface area (Å²) < 4.78 is 6.14. The van der Waals surface area contributed by atoms with Gasteiger partial charge < -0.3 is 14.7 Å². The molecule has 0 unspecified atom stereocenters. The van der Waals surface area contributed by atoms with E-state index in [2.05, 4.69) is 15.9 Å². The Balaban J connectivity index is 1.78. The van der Waals surface area contributed by atoms with Crippen LogP contribution >= 0.6 is 15.9 Å². The standard InChI is InChI=1S/C24H20BrNO3/c1-29-20-12-10-16(11-13-20)15-26-22(18-8-5-9-19(25)14-18)21(23(27)24(26)28)17-6-3-2-4-7-17/h2-14,22,27H,15H2,1H3/t22-/m1/s1. The molecule has 0 spiro atoms. The van der Waals surface area contributed by atoms with Gasteiger partial charge in [-0.25, -0.2) is 0 Å². The molecule has 3 aromatic carbocycles. The summed E-state index contributed by atoms with van der Waals surface area (Å²) in [4.78, 5) is 14.8. The first-order valence-corrected chi connectivity index (χ1v) is 10.1. The van der Waals surface area contributed by atoms with E-state index < -0.39 is 0 Å². The molecule has 0 aliphatic carbocycles. The highest BCUT2D eigenvalue weighted by molar-refractivity contribution is 9.10. The molecule has 1 amide bonds. The molecule has 0 saturated heterocycles. The van der Waals surface area contributed by atoms with E-state index >= 15 is 0 Å². The average Bonchev–Trinajstić information content (AvgIpc) is 3.00. The Bertz CT molecular complexity index is 1060. The van der Waals surface area contributed by atoms with Gasteiger partial charge in [0.15, 0.2) is 5.76 Å². The van der Waals surface area contributed by atoms with Gasteiger partial charge >= 0.3 is 0 Å². The monoisotopic (exact) mass is 449 g/mol. The van der Waals surface area contributed by atoms with Gasteiger partial charge in [-0.3, -0.25) is 4.79 Å². The number of carbonyl (C=O) groups is 1. The second kappa shape index (κ2) is 8.13. The lowest BCUT2D eigenvalue weighted by molar-refractivity contribution is -0.130. The quantitative estimate of drug-likeness (QED) is 0.558. The number of rotatable bonds is 5. The number of amides is 1. The van der Waals surface area contributed by atoms with Gasteiger partial charge in [0.05, 0.1) is 13.2 Å². The molecule has 0 saturated carbocycles. The Morgan fingerprint density at radius 1 is 1.00 bits per heavy atom. The van der Waals surface area contributed by atoms with Crippen molar-refractivity contribution in [1.29, 1.82) is 0 Å². The number of hydrogen-bond acceptors (Lipinski definition) is 3. The molecule has 4 rings (SSSR count). The first kappa shape index (κ1) is 19.3. The van der Waals surface area contributed by atoms with Crippen LogP contribution in [0.4, 0.5) is 0 Å². The fourth-order valence-electron chi connectivity index (χ4n) is 3.68. The lowest BCUT2D eigenvalue weighted by Crippen LogP contribution is -2.29. The molecule has 1 heterocycles. The van der Waals surface area contributed by atoms with Crippen LogP contribution in [0.3, 0.4) is 0 Å². The van der Waals surface area contributed by atoms with E-state index in [1.807, 2.05) is 78.9 Å². The number of carbonyl (C=O) groups excluding carboxylic acids is 1. The minimum atomic E-state index is -0.385. The van der Waals surface area contributed by atoms with Crippen molar-refractivity contribution in [3.63, 3.8) is 0 Å². The van der Waals surface area contributed by atoms with Crippen LogP contribution in [0.25, 0.3) is 5.57 Å². The zero-order valence-electron chi connectivity index (χ0n) is 15.9. The molecular formula is C24H20BrNO3. The summed E-state index contributed by atoms with van der Waals surface area (Å²) >= 11 is 3.52. The number of ether oxygens (including phenoxy) is 1. The summed E-state index contributed by atoms with van der Waals surface area (Å²) in [7, 11) is 1.62. The summed E-state index contributed by atoms with van der Waals surface area (Å²) in [5.41, 5.74) is 3.35. The Morgan fingerprint density at radius 2 is 1.72 bits per heavy atom. The highest BCUT2D eigenvalue weighted by atomic mass is 79.9. The molecule has 146 valence electrons. The van der Waals surface area contributed by atoms with Crippen molar-refractivity contribution >= 4 is 27.4 Å². The second-order valence-corrected chi connectivity index (χ2v) is 7.78. The van der Waals surface area contributed by atoms with Crippen molar-refractivity contribution in [3.8, 4) is 5.75 Å². The number of methoxy groups -OCH3 is 1. The minimum Gasteiger partial charge on any atom is -0.503 e. The molecule has 4 nitrogen and oxygen atoms in total. The van der Waals surface area contributed by atoms with Crippen molar-refractivity contribution in [3.05, 3.63) is 106 Å². The molecule has 0 aromatic heterocycles. The SMILES string of the molecule is COc1ccc(CN2C(=O)C(O)=C(c3ccccc3)[C@H]2c2cccc(Br)c2)cc1. The second-order valence-electron chi connectivity index (χ2n) is 6.87. The molecule has 0 radical (unpaired) electrons. The molecule has 5 heteroatoms. The van der Waals surface area contributed by atoms with Crippen LogP contribution in [0.5, 0.6) is 5.75 Å². The van der Waals surface area contributed by atoms with Gasteiger partial charge in [0, 0.05) is 16.6 Å². The Labute approximate surface area is 178 Å². The minimum absolute atomic E-state index is 0.199. The third-order valence-corrected chi connectivity index (χ3v) is 5.56. The number of hydrogen-bond donors (Lipinski definition) is 1. The number of nitrogens with zero attached hydrogens (tertiary/aromatic N) is 1. The van der Waals surface area contributed by atoms with Gasteiger partial charge in [-0.15, -0.1) is 0 Å². The van der Waals surface area contributed by atoms with Crippen molar-refractivity contribution < 1.29 is 14.6 Å². The maximum absolute atomic E-state index is 13.1. The number of halogens is 1. The van der Waals surface area contributed by atoms with Crippen LogP contribution in [0.15, 0.2) is 89.1 Å². The van der Waals surface area contributed by atoms with Crippen LogP contribution in [0, 0.1) is 0 Å². The van der Waals surface area contributed by atoms with Gasteiger partial charge in [0.25, 0.3) is 5.91 Å². The summed E-state index contributed by atoms with van der Waals surface area (Å²) in [6.45, 7) is 0.375. The summed E-state index contributed by atoms with van der Waals surface area (Å²) in [5, 5.41) is 10.8. The molecular weight excluding hydrogens is 430 g/mol. The van der Waals surface area contributed by atoms with E-state index in [1.54, 1.807) is 12.0 Å². The predicted octanol–water partition coefficient (Wildman–Crippen LogP) is 5.51. The van der Waals surface area contributed by atoms with E-state index in [1.165, 1.54) is 0 Å². The van der Waals surface area contributed by atoms with Crippen molar-refractivity contribution in [2.45, 2.75) is 12.6 Å². The van der Waals surface area contributed by atoms with Crippen molar-refractivity contribution in [1.82, 2.24) is 4.90 Å². The Morgan fingerprint density at radius 3 is 2.38 bits per heavy atom. The summed E-state index contributed by atoms with van der Waals surface area (Å²) in [6.07, 6.45) is 0. The zero-order valence-corrected chi connectivity index (χ0v) is 17.5. The number of benzene rings is 3. The van der Waals surface area contributed by atoms with E-state index in [0.29, 0.717) is 12.1 Å². The molecule has 1 aliphatic rings. The highest BCUT2D eigenvalue weighted by Crippen LogP contribution is 2.44. The maximum atomic E-state index is 13.1. The molecule has 29 heavy (non-hydrogen) atoms. The third-order valence-electron chi connectivity index (χ3n) is 5.06. The van der Waals surface area contributed by atoms with Crippen LogP contribution in [-0.2, 0) is 11.3 Å². The van der Waals surface area contributed by atoms with Crippen molar-refractivity contribution in [2.24, 2.45) is 0 Å². The first-order chi connectivity index (χ1) is 14.1. The topological polar surface area (TPSA) is 49.8 Å². The predicted molar refractivity (Wildman–Crippen MR) is 116 cm³/mol.